The van der Waals surface area contributed by atoms with E-state index in [1.165, 1.54) is 0 Å². The lowest BCUT2D eigenvalue weighted by atomic mass is 9.80. The first-order valence-electron chi connectivity index (χ1n) is 4.52. The first-order chi connectivity index (χ1) is 6.68. The van der Waals surface area contributed by atoms with Crippen molar-refractivity contribution in [3.8, 4) is 0 Å². The quantitative estimate of drug-likeness (QED) is 0.681. The Bertz CT molecular complexity index is 385. The summed E-state index contributed by atoms with van der Waals surface area (Å²) < 4.78 is 0. The Morgan fingerprint density at radius 3 is 3.00 bits per heavy atom. The number of carbonyl (C=O) groups is 2. The number of carbonyl (C=O) groups excluding carboxylic acids is 1. The summed E-state index contributed by atoms with van der Waals surface area (Å²) in [4.78, 5) is 22.0. The number of fused-ring (bicyclic) bond motifs is 1. The summed E-state index contributed by atoms with van der Waals surface area (Å²) in [6.07, 6.45) is 7.72. The van der Waals surface area contributed by atoms with Gasteiger partial charge in [0.2, 0.25) is 0 Å². The van der Waals surface area contributed by atoms with Gasteiger partial charge in [0.1, 0.15) is 5.78 Å². The summed E-state index contributed by atoms with van der Waals surface area (Å²) in [5.41, 5.74) is 1.12. The van der Waals surface area contributed by atoms with Crippen LogP contribution in [0.25, 0.3) is 0 Å². The van der Waals surface area contributed by atoms with E-state index in [0.29, 0.717) is 18.4 Å². The van der Waals surface area contributed by atoms with Crippen LogP contribution in [0.1, 0.15) is 12.8 Å². The summed E-state index contributed by atoms with van der Waals surface area (Å²) in [6.45, 7) is 0. The third-order valence-corrected chi connectivity index (χ3v) is 2.54. The van der Waals surface area contributed by atoms with Crippen molar-refractivity contribution in [2.45, 2.75) is 12.8 Å². The highest BCUT2D eigenvalue weighted by Gasteiger charge is 2.27. The fraction of sp³-hybridized carbons (Fsp3) is 0.273. The lowest BCUT2D eigenvalue weighted by molar-refractivity contribution is -0.132. The normalized spacial score (nSPS) is 25.1. The Kier molecular flexibility index (Phi) is 2.08. The molecule has 2 aliphatic carbocycles. The molecule has 2 rings (SSSR count). The summed E-state index contributed by atoms with van der Waals surface area (Å²) in [7, 11) is 0. The number of allylic oxidation sites excluding steroid dienone is 4. The van der Waals surface area contributed by atoms with E-state index in [9.17, 15) is 9.59 Å². The van der Waals surface area contributed by atoms with Crippen LogP contribution in [0.3, 0.4) is 0 Å². The van der Waals surface area contributed by atoms with E-state index >= 15 is 0 Å². The summed E-state index contributed by atoms with van der Waals surface area (Å²) in [5.74, 6) is -0.762. The third-order valence-electron chi connectivity index (χ3n) is 2.54. The van der Waals surface area contributed by atoms with Gasteiger partial charge >= 0.3 is 5.97 Å². The maximum absolute atomic E-state index is 11.1. The van der Waals surface area contributed by atoms with Gasteiger partial charge in [-0.2, -0.15) is 0 Å². The van der Waals surface area contributed by atoms with Crippen LogP contribution in [0, 0.1) is 5.92 Å². The summed E-state index contributed by atoms with van der Waals surface area (Å²) in [5, 5.41) is 8.92. The van der Waals surface area contributed by atoms with Crippen molar-refractivity contribution >= 4 is 11.8 Å². The SMILES string of the molecule is O=C1CC=C2C(C(=O)O)=CC=CC2C1. The number of aliphatic carboxylic acids is 1. The van der Waals surface area contributed by atoms with Gasteiger partial charge in [-0.15, -0.1) is 0 Å². The molecule has 0 spiro atoms. The Labute approximate surface area is 81.4 Å². The Morgan fingerprint density at radius 2 is 2.29 bits per heavy atom. The molecule has 0 aliphatic heterocycles. The fourth-order valence-electron chi connectivity index (χ4n) is 1.87. The van der Waals surface area contributed by atoms with Gasteiger partial charge in [0, 0.05) is 18.8 Å². The molecule has 0 radical (unpaired) electrons. The Balaban J connectivity index is 2.38. The highest BCUT2D eigenvalue weighted by atomic mass is 16.4. The molecule has 0 aromatic heterocycles. The van der Waals surface area contributed by atoms with Crippen LogP contribution in [0.15, 0.2) is 35.5 Å². The molecular weight excluding hydrogens is 180 g/mol. The van der Waals surface area contributed by atoms with Gasteiger partial charge in [-0.1, -0.05) is 18.2 Å². The second-order valence-electron chi connectivity index (χ2n) is 3.48. The van der Waals surface area contributed by atoms with E-state index in [1.54, 1.807) is 18.2 Å². The molecule has 0 bridgehead atoms. The molecule has 72 valence electrons. The van der Waals surface area contributed by atoms with Gasteiger partial charge in [-0.3, -0.25) is 4.79 Å². The van der Waals surface area contributed by atoms with Crippen LogP contribution in [0.4, 0.5) is 0 Å². The molecule has 0 fully saturated rings. The molecule has 3 nitrogen and oxygen atoms in total. The van der Waals surface area contributed by atoms with Crippen molar-refractivity contribution in [1.82, 2.24) is 0 Å². The zero-order chi connectivity index (χ0) is 10.1. The monoisotopic (exact) mass is 190 g/mol. The van der Waals surface area contributed by atoms with E-state index in [-0.39, 0.29) is 11.7 Å². The smallest absolute Gasteiger partial charge is 0.335 e. The molecular formula is C11H10O3. The minimum Gasteiger partial charge on any atom is -0.478 e. The molecule has 14 heavy (non-hydrogen) atoms. The van der Waals surface area contributed by atoms with Crippen LogP contribution in [-0.2, 0) is 9.59 Å². The zero-order valence-electron chi connectivity index (χ0n) is 7.56. The number of Topliss-reactive ketones (excluding diaryl/α,β-unsaturated/α-hetero) is 1. The Morgan fingerprint density at radius 1 is 1.50 bits per heavy atom. The number of carboxylic acids is 1. The molecule has 1 unspecified atom stereocenters. The molecule has 0 saturated carbocycles. The van der Waals surface area contributed by atoms with Crippen molar-refractivity contribution in [2.75, 3.05) is 0 Å². The zero-order valence-corrected chi connectivity index (χ0v) is 7.56. The van der Waals surface area contributed by atoms with Crippen molar-refractivity contribution in [3.63, 3.8) is 0 Å². The minimum atomic E-state index is -0.917. The second kappa shape index (κ2) is 3.25. The van der Waals surface area contributed by atoms with Gasteiger partial charge in [-0.25, -0.2) is 4.79 Å². The van der Waals surface area contributed by atoms with E-state index in [4.69, 9.17) is 5.11 Å². The standard InChI is InChI=1S/C11H10O3/c12-8-4-5-9-7(6-8)2-1-3-10(9)11(13)14/h1-3,5,7H,4,6H2,(H,13,14). The molecule has 0 amide bonds. The van der Waals surface area contributed by atoms with Crippen LogP contribution < -0.4 is 0 Å². The van der Waals surface area contributed by atoms with E-state index in [0.717, 1.165) is 5.57 Å². The summed E-state index contributed by atoms with van der Waals surface area (Å²) in [6, 6.07) is 0. The van der Waals surface area contributed by atoms with E-state index in [2.05, 4.69) is 0 Å². The number of hydrogen-bond donors (Lipinski definition) is 1. The van der Waals surface area contributed by atoms with Crippen LogP contribution in [0.5, 0.6) is 0 Å². The predicted molar refractivity (Wildman–Crippen MR) is 50.7 cm³/mol. The molecule has 0 saturated heterocycles. The van der Waals surface area contributed by atoms with Crippen molar-refractivity contribution in [1.29, 1.82) is 0 Å². The van der Waals surface area contributed by atoms with Gasteiger partial charge < -0.3 is 5.11 Å². The molecule has 1 atom stereocenters. The number of hydrogen-bond acceptors (Lipinski definition) is 2. The lowest BCUT2D eigenvalue weighted by Gasteiger charge is -2.23. The Hall–Kier alpha value is -1.64. The van der Waals surface area contributed by atoms with Gasteiger partial charge in [-0.05, 0) is 11.6 Å². The van der Waals surface area contributed by atoms with Crippen LogP contribution >= 0.6 is 0 Å². The average molecular weight is 190 g/mol. The molecule has 1 N–H and O–H groups in total. The maximum atomic E-state index is 11.1. The highest BCUT2D eigenvalue weighted by molar-refractivity contribution is 5.95. The minimum absolute atomic E-state index is 0.0210. The lowest BCUT2D eigenvalue weighted by Crippen LogP contribution is -2.20. The van der Waals surface area contributed by atoms with Gasteiger partial charge in [0.15, 0.2) is 0 Å². The highest BCUT2D eigenvalue weighted by Crippen LogP contribution is 2.32. The van der Waals surface area contributed by atoms with Crippen molar-refractivity contribution < 1.29 is 14.7 Å². The van der Waals surface area contributed by atoms with E-state index < -0.39 is 5.97 Å². The molecule has 0 heterocycles. The maximum Gasteiger partial charge on any atom is 0.335 e. The first kappa shape index (κ1) is 8.94. The topological polar surface area (TPSA) is 54.4 Å². The molecule has 0 aromatic rings. The van der Waals surface area contributed by atoms with Gasteiger partial charge in [0.25, 0.3) is 0 Å². The van der Waals surface area contributed by atoms with E-state index in [1.807, 2.05) is 6.08 Å². The number of rotatable bonds is 1. The van der Waals surface area contributed by atoms with Gasteiger partial charge in [0.05, 0.1) is 5.57 Å². The molecule has 0 aromatic carbocycles. The summed E-state index contributed by atoms with van der Waals surface area (Å²) >= 11 is 0. The third kappa shape index (κ3) is 1.41. The fourth-order valence-corrected chi connectivity index (χ4v) is 1.87. The molecule has 2 aliphatic rings. The molecule has 3 heteroatoms. The number of ketones is 1. The average Bonchev–Trinajstić information content (AvgIpc) is 2.16. The number of carboxylic acid groups (broad SMARTS) is 1. The van der Waals surface area contributed by atoms with Crippen molar-refractivity contribution in [2.24, 2.45) is 5.92 Å². The second-order valence-corrected chi connectivity index (χ2v) is 3.48. The van der Waals surface area contributed by atoms with Crippen molar-refractivity contribution in [3.05, 3.63) is 35.5 Å². The predicted octanol–water partition coefficient (Wildman–Crippen LogP) is 1.47. The first-order valence-corrected chi connectivity index (χ1v) is 4.52. The van der Waals surface area contributed by atoms with Crippen LogP contribution in [-0.4, -0.2) is 16.9 Å². The van der Waals surface area contributed by atoms with Crippen LogP contribution in [0.2, 0.25) is 0 Å². The largest absolute Gasteiger partial charge is 0.478 e.